The Morgan fingerprint density at radius 1 is 1.08 bits per heavy atom. The number of rotatable bonds is 5. The molecule has 24 heavy (non-hydrogen) atoms. The molecular weight excluding hydrogens is 300 g/mol. The molecule has 1 aromatic carbocycles. The molecule has 5 nitrogen and oxygen atoms in total. The van der Waals surface area contributed by atoms with Crippen molar-refractivity contribution < 1.29 is 4.74 Å². The summed E-state index contributed by atoms with van der Waals surface area (Å²) in [5.74, 6) is 1.46. The first-order valence-electron chi connectivity index (χ1n) is 8.57. The van der Waals surface area contributed by atoms with Gasteiger partial charge >= 0.3 is 0 Å². The van der Waals surface area contributed by atoms with E-state index in [2.05, 4.69) is 53.5 Å². The number of hydrogen-bond acceptors (Lipinski definition) is 5. The molecular formula is C19H26N4O. The van der Waals surface area contributed by atoms with Crippen molar-refractivity contribution in [2.24, 2.45) is 0 Å². The van der Waals surface area contributed by atoms with Crippen LogP contribution in [0.3, 0.4) is 0 Å². The van der Waals surface area contributed by atoms with Gasteiger partial charge < -0.3 is 15.4 Å². The first-order valence-corrected chi connectivity index (χ1v) is 8.57. The van der Waals surface area contributed by atoms with Crippen molar-refractivity contribution in [1.82, 2.24) is 9.97 Å². The fraction of sp³-hybridized carbons (Fsp3) is 0.474. The van der Waals surface area contributed by atoms with Gasteiger partial charge in [-0.3, -0.25) is 0 Å². The van der Waals surface area contributed by atoms with Crippen molar-refractivity contribution >= 4 is 17.5 Å². The van der Waals surface area contributed by atoms with E-state index in [4.69, 9.17) is 4.74 Å². The number of anilines is 3. The molecule has 2 N–H and O–H groups in total. The Kier molecular flexibility index (Phi) is 5.00. The Labute approximate surface area is 143 Å². The maximum Gasteiger partial charge on any atom is 0.224 e. The zero-order valence-corrected chi connectivity index (χ0v) is 14.9. The smallest absolute Gasteiger partial charge is 0.224 e. The number of nitrogens with zero attached hydrogens (tertiary/aromatic N) is 2. The lowest BCUT2D eigenvalue weighted by molar-refractivity contribution is 0.120. The van der Waals surface area contributed by atoms with E-state index < -0.39 is 0 Å². The van der Waals surface area contributed by atoms with Gasteiger partial charge in [0.15, 0.2) is 0 Å². The molecule has 1 atom stereocenters. The Bertz CT molecular complexity index is 700. The summed E-state index contributed by atoms with van der Waals surface area (Å²) < 4.78 is 5.64. The summed E-state index contributed by atoms with van der Waals surface area (Å²) in [4.78, 5) is 9.08. The summed E-state index contributed by atoms with van der Waals surface area (Å²) in [6, 6.07) is 6.33. The van der Waals surface area contributed by atoms with Crippen molar-refractivity contribution in [3.63, 3.8) is 0 Å². The maximum absolute atomic E-state index is 5.64. The van der Waals surface area contributed by atoms with Crippen molar-refractivity contribution in [2.75, 3.05) is 23.8 Å². The Morgan fingerprint density at radius 2 is 1.83 bits per heavy atom. The Balaban J connectivity index is 1.76. The van der Waals surface area contributed by atoms with Gasteiger partial charge in [-0.1, -0.05) is 17.7 Å². The minimum atomic E-state index is 0.270. The first-order chi connectivity index (χ1) is 11.5. The normalized spacial score (nSPS) is 17.1. The van der Waals surface area contributed by atoms with Crippen LogP contribution in [0.5, 0.6) is 0 Å². The minimum Gasteiger partial charge on any atom is -0.376 e. The van der Waals surface area contributed by atoms with E-state index in [0.29, 0.717) is 5.95 Å². The van der Waals surface area contributed by atoms with E-state index in [1.54, 1.807) is 0 Å². The van der Waals surface area contributed by atoms with Crippen LogP contribution in [-0.2, 0) is 4.74 Å². The fourth-order valence-corrected chi connectivity index (χ4v) is 3.23. The standard InChI is InChI=1S/C19H26N4O/c1-12-8-13(2)18(14(3)9-12)22-17-10-15(4)21-19(23-17)20-11-16-6-5-7-24-16/h8-10,16H,5-7,11H2,1-4H3,(H2,20,21,22,23). The van der Waals surface area contributed by atoms with Crippen LogP contribution < -0.4 is 10.6 Å². The molecule has 1 aliphatic heterocycles. The SMILES string of the molecule is Cc1cc(C)c(Nc2cc(C)nc(NCC3CCCO3)n2)c(C)c1. The third-order valence-corrected chi connectivity index (χ3v) is 4.30. The predicted molar refractivity (Wildman–Crippen MR) is 98.2 cm³/mol. The lowest BCUT2D eigenvalue weighted by Gasteiger charge is -2.15. The second-order valence-corrected chi connectivity index (χ2v) is 6.63. The zero-order chi connectivity index (χ0) is 17.1. The van der Waals surface area contributed by atoms with Crippen LogP contribution in [0.15, 0.2) is 18.2 Å². The van der Waals surface area contributed by atoms with Gasteiger partial charge in [-0.25, -0.2) is 4.98 Å². The summed E-state index contributed by atoms with van der Waals surface area (Å²) in [6.07, 6.45) is 2.51. The van der Waals surface area contributed by atoms with Crippen LogP contribution in [0, 0.1) is 27.7 Å². The summed E-state index contributed by atoms with van der Waals surface area (Å²) in [7, 11) is 0. The van der Waals surface area contributed by atoms with E-state index in [1.165, 1.54) is 16.7 Å². The third-order valence-electron chi connectivity index (χ3n) is 4.30. The summed E-state index contributed by atoms with van der Waals surface area (Å²) in [5, 5.41) is 6.76. The quantitative estimate of drug-likeness (QED) is 0.868. The average Bonchev–Trinajstić information content (AvgIpc) is 3.02. The van der Waals surface area contributed by atoms with E-state index in [0.717, 1.165) is 43.2 Å². The van der Waals surface area contributed by atoms with Crippen molar-refractivity contribution in [3.05, 3.63) is 40.6 Å². The van der Waals surface area contributed by atoms with Gasteiger partial charge in [-0.05, 0) is 51.7 Å². The first kappa shape index (κ1) is 16.7. The van der Waals surface area contributed by atoms with Gasteiger partial charge in [0, 0.05) is 30.6 Å². The van der Waals surface area contributed by atoms with Gasteiger partial charge in [-0.15, -0.1) is 0 Å². The van der Waals surface area contributed by atoms with Crippen LogP contribution in [0.4, 0.5) is 17.5 Å². The highest BCUT2D eigenvalue weighted by Gasteiger charge is 2.15. The largest absolute Gasteiger partial charge is 0.376 e. The molecule has 1 unspecified atom stereocenters. The highest BCUT2D eigenvalue weighted by atomic mass is 16.5. The molecule has 0 spiro atoms. The minimum absolute atomic E-state index is 0.270. The van der Waals surface area contributed by atoms with Crippen LogP contribution in [0.25, 0.3) is 0 Å². The zero-order valence-electron chi connectivity index (χ0n) is 14.9. The molecule has 0 saturated carbocycles. The molecule has 1 aromatic heterocycles. The van der Waals surface area contributed by atoms with Crippen LogP contribution in [0.1, 0.15) is 35.2 Å². The fourth-order valence-electron chi connectivity index (χ4n) is 3.23. The molecule has 1 fully saturated rings. The van der Waals surface area contributed by atoms with E-state index in [-0.39, 0.29) is 6.10 Å². The number of aryl methyl sites for hydroxylation is 4. The Morgan fingerprint density at radius 3 is 2.50 bits per heavy atom. The van der Waals surface area contributed by atoms with Gasteiger partial charge in [0.25, 0.3) is 0 Å². The number of ether oxygens (including phenoxy) is 1. The van der Waals surface area contributed by atoms with Crippen molar-refractivity contribution in [1.29, 1.82) is 0 Å². The van der Waals surface area contributed by atoms with E-state index in [1.807, 2.05) is 13.0 Å². The molecule has 0 amide bonds. The molecule has 3 rings (SSSR count). The van der Waals surface area contributed by atoms with Gasteiger partial charge in [0.1, 0.15) is 5.82 Å². The molecule has 2 heterocycles. The lowest BCUT2D eigenvalue weighted by atomic mass is 10.1. The number of aromatic nitrogens is 2. The molecule has 1 aliphatic rings. The number of benzene rings is 1. The van der Waals surface area contributed by atoms with Crippen molar-refractivity contribution in [2.45, 2.75) is 46.6 Å². The topological polar surface area (TPSA) is 59.1 Å². The predicted octanol–water partition coefficient (Wildman–Crippen LogP) is 4.04. The second-order valence-electron chi connectivity index (χ2n) is 6.63. The van der Waals surface area contributed by atoms with Crippen LogP contribution in [-0.4, -0.2) is 29.2 Å². The molecule has 0 aliphatic carbocycles. The molecule has 5 heteroatoms. The maximum atomic E-state index is 5.64. The molecule has 0 bridgehead atoms. The van der Waals surface area contributed by atoms with Crippen LogP contribution in [0.2, 0.25) is 0 Å². The van der Waals surface area contributed by atoms with Gasteiger partial charge in [0.05, 0.1) is 6.10 Å². The highest BCUT2D eigenvalue weighted by Crippen LogP contribution is 2.25. The summed E-state index contributed by atoms with van der Waals surface area (Å²) in [6.45, 7) is 9.95. The number of hydrogen-bond donors (Lipinski definition) is 2. The van der Waals surface area contributed by atoms with E-state index >= 15 is 0 Å². The third kappa shape index (κ3) is 4.03. The van der Waals surface area contributed by atoms with Gasteiger partial charge in [-0.2, -0.15) is 4.98 Å². The highest BCUT2D eigenvalue weighted by molar-refractivity contribution is 5.66. The van der Waals surface area contributed by atoms with Gasteiger partial charge in [0.2, 0.25) is 5.95 Å². The van der Waals surface area contributed by atoms with E-state index in [9.17, 15) is 0 Å². The molecule has 2 aromatic rings. The van der Waals surface area contributed by atoms with Crippen LogP contribution >= 0.6 is 0 Å². The summed E-state index contributed by atoms with van der Waals surface area (Å²) in [5.41, 5.74) is 5.76. The molecule has 1 saturated heterocycles. The second kappa shape index (κ2) is 7.18. The molecule has 0 radical (unpaired) electrons. The monoisotopic (exact) mass is 326 g/mol. The number of nitrogens with one attached hydrogen (secondary N) is 2. The van der Waals surface area contributed by atoms with Crippen molar-refractivity contribution in [3.8, 4) is 0 Å². The Hall–Kier alpha value is -2.14. The summed E-state index contributed by atoms with van der Waals surface area (Å²) >= 11 is 0. The lowest BCUT2D eigenvalue weighted by Crippen LogP contribution is -2.20. The average molecular weight is 326 g/mol. The molecule has 128 valence electrons.